The summed E-state index contributed by atoms with van der Waals surface area (Å²) in [5.74, 6) is 0.293. The summed E-state index contributed by atoms with van der Waals surface area (Å²) in [4.78, 5) is 23.4. The molecule has 0 saturated carbocycles. The first-order valence-corrected chi connectivity index (χ1v) is 9.42. The van der Waals surface area contributed by atoms with Gasteiger partial charge in [-0.25, -0.2) is 0 Å². The van der Waals surface area contributed by atoms with Gasteiger partial charge in [0.05, 0.1) is 40.3 Å². The molecule has 8 heteroatoms. The smallest absolute Gasteiger partial charge is 0.287 e. The number of carbonyl (C=O) groups is 2. The van der Waals surface area contributed by atoms with E-state index in [1.165, 1.54) is 6.07 Å². The van der Waals surface area contributed by atoms with Gasteiger partial charge in [-0.2, -0.15) is 0 Å². The van der Waals surface area contributed by atoms with E-state index in [1.54, 1.807) is 18.2 Å². The Labute approximate surface area is 170 Å². The number of amides is 1. The highest BCUT2D eigenvalue weighted by Crippen LogP contribution is 2.19. The van der Waals surface area contributed by atoms with Crippen molar-refractivity contribution in [3.8, 4) is 11.5 Å². The van der Waals surface area contributed by atoms with Crippen LogP contribution in [0.25, 0.3) is 0 Å². The van der Waals surface area contributed by atoms with Crippen LogP contribution in [0.15, 0.2) is 40.8 Å². The van der Waals surface area contributed by atoms with Gasteiger partial charge in [0.25, 0.3) is 5.91 Å². The zero-order valence-electron chi connectivity index (χ0n) is 17.3. The number of quaternary nitrogens is 1. The van der Waals surface area contributed by atoms with Crippen LogP contribution in [-0.2, 0) is 11.4 Å². The summed E-state index contributed by atoms with van der Waals surface area (Å²) in [5.41, 5.74) is 0. The summed E-state index contributed by atoms with van der Waals surface area (Å²) in [6, 6.07) is 9.82. The molecule has 8 nitrogen and oxygen atoms in total. The van der Waals surface area contributed by atoms with Gasteiger partial charge in [-0.05, 0) is 43.3 Å². The Bertz CT molecular complexity index is 807. The maximum absolute atomic E-state index is 12.4. The normalized spacial score (nSPS) is 12.3. The molecule has 0 aliphatic carbocycles. The number of rotatable bonds is 11. The Morgan fingerprint density at radius 2 is 1.69 bits per heavy atom. The number of carbonyl (C=O) groups excluding carboxylic acids is 2. The molecule has 0 bridgehead atoms. The summed E-state index contributed by atoms with van der Waals surface area (Å²) >= 11 is 0. The molecule has 1 aromatic carbocycles. The third-order valence-electron chi connectivity index (χ3n) is 3.92. The quantitative estimate of drug-likeness (QED) is 0.565. The summed E-state index contributed by atoms with van der Waals surface area (Å²) < 4.78 is 17.1. The number of likely N-dealkylation sites (N-methyl/N-ethyl adjacent to an activating group) is 1. The van der Waals surface area contributed by atoms with Crippen LogP contribution in [0, 0.1) is 0 Å². The van der Waals surface area contributed by atoms with Crippen molar-refractivity contribution < 1.29 is 33.1 Å². The van der Waals surface area contributed by atoms with E-state index < -0.39 is 17.9 Å². The lowest BCUT2D eigenvalue weighted by molar-refractivity contribution is -0.871. The Hall–Kier alpha value is -3.00. The van der Waals surface area contributed by atoms with Gasteiger partial charge in [0, 0.05) is 12.4 Å². The first kappa shape index (κ1) is 22.3. The van der Waals surface area contributed by atoms with Crippen LogP contribution in [0.2, 0.25) is 0 Å². The van der Waals surface area contributed by atoms with Gasteiger partial charge in [-0.3, -0.25) is 4.79 Å². The van der Waals surface area contributed by atoms with Crippen molar-refractivity contribution in [3.63, 3.8) is 0 Å². The summed E-state index contributed by atoms with van der Waals surface area (Å²) in [6.07, 6.45) is -0.268. The number of aliphatic carboxylic acids is 1. The molecule has 1 unspecified atom stereocenters. The minimum atomic E-state index is -1.22. The third kappa shape index (κ3) is 7.87. The average molecular weight is 404 g/mol. The van der Waals surface area contributed by atoms with Crippen molar-refractivity contribution in [2.24, 2.45) is 0 Å². The van der Waals surface area contributed by atoms with Crippen molar-refractivity contribution in [2.45, 2.75) is 26.0 Å². The molecule has 29 heavy (non-hydrogen) atoms. The van der Waals surface area contributed by atoms with Crippen LogP contribution >= 0.6 is 0 Å². The first-order valence-electron chi connectivity index (χ1n) is 9.42. The highest BCUT2D eigenvalue weighted by atomic mass is 16.5. The number of ether oxygens (including phenoxy) is 2. The molecule has 0 spiro atoms. The van der Waals surface area contributed by atoms with Crippen molar-refractivity contribution in [2.75, 3.05) is 34.3 Å². The fourth-order valence-electron chi connectivity index (χ4n) is 2.81. The zero-order valence-corrected chi connectivity index (χ0v) is 17.3. The lowest BCUT2D eigenvalue weighted by atomic mass is 10.2. The molecular formula is C21H28N2O6. The average Bonchev–Trinajstić information content (AvgIpc) is 3.08. The van der Waals surface area contributed by atoms with E-state index in [2.05, 4.69) is 5.32 Å². The van der Waals surface area contributed by atoms with Gasteiger partial charge in [0.15, 0.2) is 5.76 Å². The second-order valence-corrected chi connectivity index (χ2v) is 7.68. The van der Waals surface area contributed by atoms with Gasteiger partial charge in [0.1, 0.15) is 23.9 Å². The monoisotopic (exact) mass is 404 g/mol. The van der Waals surface area contributed by atoms with E-state index in [9.17, 15) is 14.7 Å². The van der Waals surface area contributed by atoms with E-state index in [0.717, 1.165) is 5.75 Å². The van der Waals surface area contributed by atoms with Gasteiger partial charge >= 0.3 is 0 Å². The van der Waals surface area contributed by atoms with Crippen molar-refractivity contribution >= 4 is 11.9 Å². The van der Waals surface area contributed by atoms with E-state index in [4.69, 9.17) is 13.9 Å². The number of hydrogen-bond donors (Lipinski definition) is 1. The highest BCUT2D eigenvalue weighted by molar-refractivity contribution is 5.91. The van der Waals surface area contributed by atoms with Gasteiger partial charge in [0.2, 0.25) is 0 Å². The molecule has 0 saturated heterocycles. The summed E-state index contributed by atoms with van der Waals surface area (Å²) in [6.45, 7) is 3.10. The molecular weight excluding hydrogens is 376 g/mol. The van der Waals surface area contributed by atoms with Crippen LogP contribution in [-0.4, -0.2) is 56.7 Å². The van der Waals surface area contributed by atoms with Crippen molar-refractivity contribution in [1.82, 2.24) is 5.32 Å². The second-order valence-electron chi connectivity index (χ2n) is 7.68. The lowest BCUT2D eigenvalue weighted by Gasteiger charge is -2.29. The van der Waals surface area contributed by atoms with Crippen LogP contribution in [0.3, 0.4) is 0 Å². The molecule has 0 aliphatic heterocycles. The lowest BCUT2D eigenvalue weighted by Crippen LogP contribution is -2.50. The van der Waals surface area contributed by atoms with E-state index in [1.807, 2.05) is 40.2 Å². The Morgan fingerprint density at radius 3 is 2.24 bits per heavy atom. The zero-order chi connectivity index (χ0) is 21.4. The molecule has 1 N–H and O–H groups in total. The van der Waals surface area contributed by atoms with Crippen molar-refractivity contribution in [3.05, 3.63) is 47.9 Å². The molecule has 0 fully saturated rings. The fourth-order valence-corrected chi connectivity index (χ4v) is 2.81. The minimum Gasteiger partial charge on any atom is -0.550 e. The van der Waals surface area contributed by atoms with E-state index >= 15 is 0 Å². The summed E-state index contributed by atoms with van der Waals surface area (Å²) in [5, 5.41) is 13.7. The van der Waals surface area contributed by atoms with Gasteiger partial charge in [-0.15, -0.1) is 0 Å². The molecule has 0 radical (unpaired) electrons. The second kappa shape index (κ2) is 9.97. The van der Waals surface area contributed by atoms with Gasteiger partial charge in [-0.1, -0.05) is 0 Å². The van der Waals surface area contributed by atoms with Gasteiger partial charge < -0.3 is 33.6 Å². The molecule has 158 valence electrons. The van der Waals surface area contributed by atoms with E-state index in [0.29, 0.717) is 29.1 Å². The largest absolute Gasteiger partial charge is 0.550 e. The predicted octanol–water partition coefficient (Wildman–Crippen LogP) is 1.20. The number of carboxylic acid groups (broad SMARTS) is 1. The fraction of sp³-hybridized carbons (Fsp3) is 0.429. The molecule has 2 aromatic rings. The number of furan rings is 1. The van der Waals surface area contributed by atoms with Crippen LogP contribution < -0.4 is 19.9 Å². The van der Waals surface area contributed by atoms with Crippen LogP contribution in [0.5, 0.6) is 11.5 Å². The molecule has 2 rings (SSSR count). The molecule has 1 heterocycles. The standard InChI is InChI=1S/C21H28N2O6/c1-5-27-16-6-8-17(9-7-16)28-14-18-10-11-19(29-18)21(26)22-15(12-20(24)25)13-23(2,3)4/h6-11,15H,5,12-14H2,1-4H3,(H-,22,24,25,26). The highest BCUT2D eigenvalue weighted by Gasteiger charge is 2.22. The number of hydrogen-bond acceptors (Lipinski definition) is 6. The SMILES string of the molecule is CCOc1ccc(OCc2ccc(C(=O)NC(CC(=O)[O-])C[N+](C)(C)C)o2)cc1. The minimum absolute atomic E-state index is 0.0973. The summed E-state index contributed by atoms with van der Waals surface area (Å²) in [7, 11) is 5.74. The van der Waals surface area contributed by atoms with Crippen molar-refractivity contribution in [1.29, 1.82) is 0 Å². The van der Waals surface area contributed by atoms with E-state index in [-0.39, 0.29) is 18.8 Å². The molecule has 1 atom stereocenters. The Kier molecular flexibility index (Phi) is 7.67. The Balaban J connectivity index is 1.93. The number of carboxylic acids is 1. The molecule has 1 aromatic heterocycles. The first-order chi connectivity index (χ1) is 13.7. The maximum atomic E-state index is 12.4. The number of benzene rings is 1. The van der Waals surface area contributed by atoms with Crippen LogP contribution in [0.1, 0.15) is 29.7 Å². The van der Waals surface area contributed by atoms with Crippen LogP contribution in [0.4, 0.5) is 0 Å². The number of nitrogens with zero attached hydrogens (tertiary/aromatic N) is 1. The molecule has 1 amide bonds. The predicted molar refractivity (Wildman–Crippen MR) is 104 cm³/mol. The maximum Gasteiger partial charge on any atom is 0.287 e. The topological polar surface area (TPSA) is 101 Å². The molecule has 0 aliphatic rings. The third-order valence-corrected chi connectivity index (χ3v) is 3.92. The Morgan fingerprint density at radius 1 is 1.07 bits per heavy atom. The number of nitrogens with one attached hydrogen (secondary N) is 1.